The minimum atomic E-state index is -4.53. The predicted octanol–water partition coefficient (Wildman–Crippen LogP) is 2.54. The third-order valence-corrected chi connectivity index (χ3v) is 4.18. The van der Waals surface area contributed by atoms with Crippen molar-refractivity contribution >= 4 is 17.5 Å². The number of aromatic nitrogens is 4. The van der Waals surface area contributed by atoms with E-state index in [1.165, 1.54) is 6.20 Å². The Morgan fingerprint density at radius 3 is 2.80 bits per heavy atom. The van der Waals surface area contributed by atoms with Gasteiger partial charge in [0.2, 0.25) is 11.9 Å². The van der Waals surface area contributed by atoms with Gasteiger partial charge in [0.1, 0.15) is 5.69 Å². The molecule has 1 saturated heterocycles. The van der Waals surface area contributed by atoms with Gasteiger partial charge in [-0.25, -0.2) is 9.97 Å². The Morgan fingerprint density at radius 2 is 2.12 bits per heavy atom. The van der Waals surface area contributed by atoms with E-state index in [1.54, 1.807) is 23.6 Å². The molecule has 2 aromatic heterocycles. The van der Waals surface area contributed by atoms with Crippen molar-refractivity contribution in [3.05, 3.63) is 29.8 Å². The molecule has 3 rings (SSSR count). The number of alkyl halides is 3. The first-order chi connectivity index (χ1) is 11.8. The average Bonchev–Trinajstić information content (AvgIpc) is 2.91. The molecule has 1 N–H and O–H groups in total. The fourth-order valence-corrected chi connectivity index (χ4v) is 2.80. The van der Waals surface area contributed by atoms with Crippen molar-refractivity contribution in [3.8, 4) is 0 Å². The van der Waals surface area contributed by atoms with Crippen LogP contribution in [0.5, 0.6) is 0 Å². The standard InChI is InChI=1S/C15H17F3N6O/c1-9-11(21-14-19-6-5-12(22-14)15(16,17)18)7-20-24(9)10-3-4-13(25)23(2)8-10/h5-7,10H,3-4,8H2,1-2H3,(H,19,21,22). The predicted molar refractivity (Wildman–Crippen MR) is 83.2 cm³/mol. The molecule has 1 atom stereocenters. The zero-order valence-electron chi connectivity index (χ0n) is 13.7. The molecule has 1 unspecified atom stereocenters. The number of likely N-dealkylation sites (tertiary alicyclic amines) is 1. The van der Waals surface area contributed by atoms with E-state index in [-0.39, 0.29) is 17.9 Å². The van der Waals surface area contributed by atoms with Crippen LogP contribution in [0.1, 0.15) is 30.3 Å². The summed E-state index contributed by atoms with van der Waals surface area (Å²) in [5.41, 5.74) is 0.259. The minimum absolute atomic E-state index is 0.0284. The summed E-state index contributed by atoms with van der Waals surface area (Å²) in [6, 6.07) is 0.844. The van der Waals surface area contributed by atoms with Crippen molar-refractivity contribution in [2.45, 2.75) is 32.0 Å². The van der Waals surface area contributed by atoms with E-state index < -0.39 is 11.9 Å². The Hall–Kier alpha value is -2.65. The smallest absolute Gasteiger partial charge is 0.344 e. The van der Waals surface area contributed by atoms with E-state index >= 15 is 0 Å². The highest BCUT2D eigenvalue weighted by molar-refractivity contribution is 5.76. The second-order valence-electron chi connectivity index (χ2n) is 5.94. The number of piperidine rings is 1. The number of carbonyl (C=O) groups excluding carboxylic acids is 1. The van der Waals surface area contributed by atoms with Crippen LogP contribution in [-0.4, -0.2) is 44.1 Å². The maximum absolute atomic E-state index is 12.7. The molecule has 1 aliphatic rings. The van der Waals surface area contributed by atoms with Gasteiger partial charge in [-0.05, 0) is 19.4 Å². The summed E-state index contributed by atoms with van der Waals surface area (Å²) in [5.74, 6) is -0.0508. The molecule has 0 aliphatic carbocycles. The Labute approximate surface area is 141 Å². The summed E-state index contributed by atoms with van der Waals surface area (Å²) in [4.78, 5) is 20.5. The molecule has 1 aliphatic heterocycles. The summed E-state index contributed by atoms with van der Waals surface area (Å²) < 4.78 is 40.0. The van der Waals surface area contributed by atoms with Crippen molar-refractivity contribution in [3.63, 3.8) is 0 Å². The average molecular weight is 354 g/mol. The Kier molecular flexibility index (Phi) is 4.36. The van der Waals surface area contributed by atoms with Crippen molar-refractivity contribution in [1.82, 2.24) is 24.6 Å². The van der Waals surface area contributed by atoms with E-state index in [0.717, 1.165) is 18.0 Å². The van der Waals surface area contributed by atoms with Crippen LogP contribution in [0.25, 0.3) is 0 Å². The topological polar surface area (TPSA) is 75.9 Å². The molecule has 25 heavy (non-hydrogen) atoms. The van der Waals surface area contributed by atoms with Crippen LogP contribution < -0.4 is 5.32 Å². The number of hydrogen-bond acceptors (Lipinski definition) is 5. The normalized spacial score (nSPS) is 18.5. The number of amides is 1. The number of nitrogens with one attached hydrogen (secondary N) is 1. The van der Waals surface area contributed by atoms with Crippen LogP contribution in [0.4, 0.5) is 24.8 Å². The van der Waals surface area contributed by atoms with Crippen molar-refractivity contribution in [2.75, 3.05) is 18.9 Å². The Morgan fingerprint density at radius 1 is 1.36 bits per heavy atom. The quantitative estimate of drug-likeness (QED) is 0.917. The molecule has 0 spiro atoms. The highest BCUT2D eigenvalue weighted by Gasteiger charge is 2.33. The monoisotopic (exact) mass is 354 g/mol. The summed E-state index contributed by atoms with van der Waals surface area (Å²) in [5, 5.41) is 7.08. The lowest BCUT2D eigenvalue weighted by Crippen LogP contribution is -2.38. The van der Waals surface area contributed by atoms with Gasteiger partial charge in [-0.1, -0.05) is 0 Å². The van der Waals surface area contributed by atoms with Crippen molar-refractivity contribution in [2.24, 2.45) is 0 Å². The lowest BCUT2D eigenvalue weighted by molar-refractivity contribution is -0.141. The molecule has 1 fully saturated rings. The van der Waals surface area contributed by atoms with E-state index in [4.69, 9.17) is 0 Å². The van der Waals surface area contributed by atoms with Crippen LogP contribution in [-0.2, 0) is 11.0 Å². The van der Waals surface area contributed by atoms with Crippen molar-refractivity contribution in [1.29, 1.82) is 0 Å². The molecule has 0 aromatic carbocycles. The first-order valence-electron chi connectivity index (χ1n) is 7.71. The maximum Gasteiger partial charge on any atom is 0.433 e. The van der Waals surface area contributed by atoms with Gasteiger partial charge in [0.25, 0.3) is 0 Å². The van der Waals surface area contributed by atoms with Gasteiger partial charge in [0.15, 0.2) is 0 Å². The molecule has 2 aromatic rings. The summed E-state index contributed by atoms with van der Waals surface area (Å²) in [6.07, 6.45) is -0.835. The molecule has 0 saturated carbocycles. The Balaban J connectivity index is 1.79. The molecule has 7 nitrogen and oxygen atoms in total. The fourth-order valence-electron chi connectivity index (χ4n) is 2.80. The van der Waals surface area contributed by atoms with Gasteiger partial charge in [0, 0.05) is 26.2 Å². The Bertz CT molecular complexity index is 788. The summed E-state index contributed by atoms with van der Waals surface area (Å²) in [6.45, 7) is 2.35. The second-order valence-corrected chi connectivity index (χ2v) is 5.94. The third-order valence-electron chi connectivity index (χ3n) is 4.18. The van der Waals surface area contributed by atoms with Gasteiger partial charge in [-0.2, -0.15) is 18.3 Å². The number of anilines is 2. The van der Waals surface area contributed by atoms with Gasteiger partial charge < -0.3 is 10.2 Å². The highest BCUT2D eigenvalue weighted by Crippen LogP contribution is 2.29. The molecular weight excluding hydrogens is 337 g/mol. The molecule has 10 heteroatoms. The zero-order chi connectivity index (χ0) is 18.2. The summed E-state index contributed by atoms with van der Waals surface area (Å²) >= 11 is 0. The van der Waals surface area contributed by atoms with Gasteiger partial charge in [0.05, 0.1) is 23.6 Å². The van der Waals surface area contributed by atoms with Crippen LogP contribution in [0.3, 0.4) is 0 Å². The number of halogens is 3. The zero-order valence-corrected chi connectivity index (χ0v) is 13.7. The van der Waals surface area contributed by atoms with Crippen LogP contribution >= 0.6 is 0 Å². The minimum Gasteiger partial charge on any atom is -0.344 e. The molecule has 3 heterocycles. The number of rotatable bonds is 3. The van der Waals surface area contributed by atoms with E-state index in [9.17, 15) is 18.0 Å². The van der Waals surface area contributed by atoms with Gasteiger partial charge in [-0.15, -0.1) is 0 Å². The fraction of sp³-hybridized carbons (Fsp3) is 0.467. The number of hydrogen-bond donors (Lipinski definition) is 1. The van der Waals surface area contributed by atoms with Crippen LogP contribution in [0, 0.1) is 6.92 Å². The molecule has 0 radical (unpaired) electrons. The maximum atomic E-state index is 12.7. The SMILES string of the molecule is Cc1c(Nc2nccc(C(F)(F)F)n2)cnn1C1CCC(=O)N(C)C1. The number of likely N-dealkylation sites (N-methyl/N-ethyl adjacent to an activating group) is 1. The van der Waals surface area contributed by atoms with E-state index in [2.05, 4.69) is 20.4 Å². The van der Waals surface area contributed by atoms with E-state index in [0.29, 0.717) is 25.1 Å². The first kappa shape index (κ1) is 17.2. The second kappa shape index (κ2) is 6.34. The van der Waals surface area contributed by atoms with Crippen molar-refractivity contribution < 1.29 is 18.0 Å². The van der Waals surface area contributed by atoms with Crippen LogP contribution in [0.15, 0.2) is 18.5 Å². The number of nitrogens with zero attached hydrogens (tertiary/aromatic N) is 5. The first-order valence-corrected chi connectivity index (χ1v) is 7.71. The number of carbonyl (C=O) groups is 1. The van der Waals surface area contributed by atoms with Gasteiger partial charge >= 0.3 is 6.18 Å². The largest absolute Gasteiger partial charge is 0.433 e. The molecule has 1 amide bonds. The molecule has 134 valence electrons. The molecule has 0 bridgehead atoms. The van der Waals surface area contributed by atoms with E-state index in [1.807, 2.05) is 0 Å². The third kappa shape index (κ3) is 3.57. The van der Waals surface area contributed by atoms with Crippen LogP contribution in [0.2, 0.25) is 0 Å². The lowest BCUT2D eigenvalue weighted by Gasteiger charge is -2.30. The summed E-state index contributed by atoms with van der Waals surface area (Å²) in [7, 11) is 1.74. The van der Waals surface area contributed by atoms with Gasteiger partial charge in [-0.3, -0.25) is 9.48 Å². The highest BCUT2D eigenvalue weighted by atomic mass is 19.4. The molecular formula is C15H17F3N6O. The lowest BCUT2D eigenvalue weighted by atomic mass is 10.1.